The summed E-state index contributed by atoms with van der Waals surface area (Å²) in [5.74, 6) is 1.33. The maximum atomic E-state index is 11.6. The van der Waals surface area contributed by atoms with E-state index >= 15 is 0 Å². The number of nitrogens with one attached hydrogen (secondary N) is 2. The first-order valence-corrected chi connectivity index (χ1v) is 7.54. The van der Waals surface area contributed by atoms with E-state index in [4.69, 9.17) is 4.74 Å². The lowest BCUT2D eigenvalue weighted by molar-refractivity contribution is -0.126. The summed E-state index contributed by atoms with van der Waals surface area (Å²) in [6.07, 6.45) is -0.489. The fourth-order valence-corrected chi connectivity index (χ4v) is 2.27. The predicted molar refractivity (Wildman–Crippen MR) is 86.6 cm³/mol. The molecule has 0 aliphatic carbocycles. The maximum Gasteiger partial charge on any atom is 0.260 e. The van der Waals surface area contributed by atoms with E-state index < -0.39 is 6.10 Å². The van der Waals surface area contributed by atoms with Crippen LogP contribution in [0.1, 0.15) is 37.5 Å². The van der Waals surface area contributed by atoms with Gasteiger partial charge in [-0.2, -0.15) is 0 Å². The fraction of sp³-hybridized carbons (Fsp3) is 0.588. The maximum absolute atomic E-state index is 11.6. The molecule has 0 radical (unpaired) electrons. The zero-order chi connectivity index (χ0) is 16.0. The number of benzene rings is 1. The molecule has 0 bridgehead atoms. The van der Waals surface area contributed by atoms with E-state index in [1.165, 1.54) is 5.56 Å². The number of ether oxygens (including phenoxy) is 1. The zero-order valence-electron chi connectivity index (χ0n) is 14.0. The van der Waals surface area contributed by atoms with E-state index in [9.17, 15) is 4.79 Å². The summed E-state index contributed by atoms with van der Waals surface area (Å²) in [5.41, 5.74) is 3.37. The van der Waals surface area contributed by atoms with Gasteiger partial charge in [-0.05, 0) is 49.9 Å². The average Bonchev–Trinajstić information content (AvgIpc) is 2.41. The highest BCUT2D eigenvalue weighted by molar-refractivity contribution is 5.80. The number of carbonyl (C=O) groups excluding carboxylic acids is 1. The lowest BCUT2D eigenvalue weighted by Gasteiger charge is -2.18. The molecule has 0 saturated carbocycles. The van der Waals surface area contributed by atoms with E-state index in [1.54, 1.807) is 14.0 Å². The smallest absolute Gasteiger partial charge is 0.260 e. The van der Waals surface area contributed by atoms with Gasteiger partial charge in [-0.15, -0.1) is 0 Å². The number of rotatable bonds is 7. The Hall–Kier alpha value is -1.55. The van der Waals surface area contributed by atoms with Crippen molar-refractivity contribution in [3.05, 3.63) is 28.8 Å². The van der Waals surface area contributed by atoms with Crippen molar-refractivity contribution < 1.29 is 9.53 Å². The van der Waals surface area contributed by atoms with Gasteiger partial charge in [0, 0.05) is 13.6 Å². The summed E-state index contributed by atoms with van der Waals surface area (Å²) in [6, 6.07) is 4.23. The standard InChI is InChI=1S/C17H28N2O2/c1-11(2)9-19-10-15-7-12(3)16(13(4)8-15)21-14(5)17(20)18-6/h7-8,11,14,19H,9-10H2,1-6H3,(H,18,20). The molecule has 0 aliphatic heterocycles. The monoisotopic (exact) mass is 292 g/mol. The number of carbonyl (C=O) groups is 1. The Balaban J connectivity index is 2.78. The molecule has 118 valence electrons. The molecule has 0 aromatic heterocycles. The minimum atomic E-state index is -0.489. The van der Waals surface area contributed by atoms with Gasteiger partial charge < -0.3 is 15.4 Å². The van der Waals surface area contributed by atoms with Crippen LogP contribution in [0.15, 0.2) is 12.1 Å². The van der Waals surface area contributed by atoms with E-state index in [0.29, 0.717) is 5.92 Å². The van der Waals surface area contributed by atoms with Crippen molar-refractivity contribution in [2.45, 2.75) is 47.3 Å². The lowest BCUT2D eigenvalue weighted by atomic mass is 10.1. The van der Waals surface area contributed by atoms with Crippen LogP contribution in [0, 0.1) is 19.8 Å². The second kappa shape index (κ2) is 8.03. The molecule has 1 amide bonds. The quantitative estimate of drug-likeness (QED) is 0.812. The topological polar surface area (TPSA) is 50.4 Å². The molecule has 0 fully saturated rings. The number of hydrogen-bond donors (Lipinski definition) is 2. The van der Waals surface area contributed by atoms with Crippen LogP contribution in [0.5, 0.6) is 5.75 Å². The van der Waals surface area contributed by atoms with Gasteiger partial charge >= 0.3 is 0 Å². The van der Waals surface area contributed by atoms with Crippen molar-refractivity contribution in [1.82, 2.24) is 10.6 Å². The normalized spacial score (nSPS) is 12.3. The molecule has 0 spiro atoms. The van der Waals surface area contributed by atoms with Crippen molar-refractivity contribution in [1.29, 1.82) is 0 Å². The van der Waals surface area contributed by atoms with Crippen LogP contribution < -0.4 is 15.4 Å². The molecular weight excluding hydrogens is 264 g/mol. The Morgan fingerprint density at radius 3 is 2.24 bits per heavy atom. The Kier molecular flexibility index (Phi) is 6.69. The fourth-order valence-electron chi connectivity index (χ4n) is 2.27. The van der Waals surface area contributed by atoms with Crippen LogP contribution in [-0.4, -0.2) is 25.6 Å². The minimum Gasteiger partial charge on any atom is -0.480 e. The van der Waals surface area contributed by atoms with Crippen LogP contribution >= 0.6 is 0 Å². The van der Waals surface area contributed by atoms with Crippen LogP contribution in [0.2, 0.25) is 0 Å². The van der Waals surface area contributed by atoms with Crippen molar-refractivity contribution in [2.24, 2.45) is 5.92 Å². The molecule has 1 aromatic rings. The first kappa shape index (κ1) is 17.5. The van der Waals surface area contributed by atoms with E-state index in [-0.39, 0.29) is 5.91 Å². The van der Waals surface area contributed by atoms with Gasteiger partial charge in [0.25, 0.3) is 5.91 Å². The molecule has 0 saturated heterocycles. The minimum absolute atomic E-state index is 0.114. The molecule has 1 aromatic carbocycles. The van der Waals surface area contributed by atoms with Crippen molar-refractivity contribution in [3.8, 4) is 5.75 Å². The van der Waals surface area contributed by atoms with E-state index in [2.05, 4.69) is 36.6 Å². The molecule has 4 nitrogen and oxygen atoms in total. The summed E-state index contributed by atoms with van der Waals surface area (Å²) in [4.78, 5) is 11.6. The summed E-state index contributed by atoms with van der Waals surface area (Å²) in [7, 11) is 1.62. The molecule has 4 heteroatoms. The molecule has 1 rings (SSSR count). The molecule has 21 heavy (non-hydrogen) atoms. The third-order valence-corrected chi connectivity index (χ3v) is 3.31. The van der Waals surface area contributed by atoms with Gasteiger partial charge in [0.15, 0.2) is 6.10 Å². The van der Waals surface area contributed by atoms with Gasteiger partial charge in [0.2, 0.25) is 0 Å². The Morgan fingerprint density at radius 1 is 1.19 bits per heavy atom. The predicted octanol–water partition coefficient (Wildman–Crippen LogP) is 2.56. The van der Waals surface area contributed by atoms with Crippen molar-refractivity contribution in [3.63, 3.8) is 0 Å². The van der Waals surface area contributed by atoms with Crippen LogP contribution in [0.3, 0.4) is 0 Å². The van der Waals surface area contributed by atoms with Gasteiger partial charge in [0.1, 0.15) is 5.75 Å². The number of likely N-dealkylation sites (N-methyl/N-ethyl adjacent to an activating group) is 1. The van der Waals surface area contributed by atoms with Crippen LogP contribution in [-0.2, 0) is 11.3 Å². The molecule has 1 unspecified atom stereocenters. The number of aryl methyl sites for hydroxylation is 2. The summed E-state index contributed by atoms with van der Waals surface area (Å²) >= 11 is 0. The van der Waals surface area contributed by atoms with Crippen molar-refractivity contribution >= 4 is 5.91 Å². The SMILES string of the molecule is CNC(=O)C(C)Oc1c(C)cc(CNCC(C)C)cc1C. The molecular formula is C17H28N2O2. The lowest BCUT2D eigenvalue weighted by Crippen LogP contribution is -2.34. The van der Waals surface area contributed by atoms with Crippen molar-refractivity contribution in [2.75, 3.05) is 13.6 Å². The molecule has 2 N–H and O–H groups in total. The van der Waals surface area contributed by atoms with Crippen LogP contribution in [0.25, 0.3) is 0 Å². The van der Waals surface area contributed by atoms with E-state index in [1.807, 2.05) is 13.8 Å². The van der Waals surface area contributed by atoms with Gasteiger partial charge in [-0.1, -0.05) is 26.0 Å². The largest absolute Gasteiger partial charge is 0.480 e. The summed E-state index contributed by atoms with van der Waals surface area (Å²) in [5, 5.41) is 6.04. The summed E-state index contributed by atoms with van der Waals surface area (Å²) in [6.45, 7) is 12.0. The van der Waals surface area contributed by atoms with Gasteiger partial charge in [-0.25, -0.2) is 0 Å². The highest BCUT2D eigenvalue weighted by atomic mass is 16.5. The summed E-state index contributed by atoms with van der Waals surface area (Å²) < 4.78 is 5.79. The van der Waals surface area contributed by atoms with Crippen LogP contribution in [0.4, 0.5) is 0 Å². The zero-order valence-corrected chi connectivity index (χ0v) is 14.0. The van der Waals surface area contributed by atoms with E-state index in [0.717, 1.165) is 30.0 Å². The van der Waals surface area contributed by atoms with Gasteiger partial charge in [-0.3, -0.25) is 4.79 Å². The Bertz CT molecular complexity index is 461. The molecule has 1 atom stereocenters. The first-order valence-electron chi connectivity index (χ1n) is 7.54. The second-order valence-electron chi connectivity index (χ2n) is 5.96. The third kappa shape index (κ3) is 5.38. The molecule has 0 heterocycles. The third-order valence-electron chi connectivity index (χ3n) is 3.31. The first-order chi connectivity index (χ1) is 9.85. The Morgan fingerprint density at radius 2 is 1.76 bits per heavy atom. The van der Waals surface area contributed by atoms with Gasteiger partial charge in [0.05, 0.1) is 0 Å². The second-order valence-corrected chi connectivity index (χ2v) is 5.96. The highest BCUT2D eigenvalue weighted by Gasteiger charge is 2.15. The average molecular weight is 292 g/mol. The highest BCUT2D eigenvalue weighted by Crippen LogP contribution is 2.26. The Labute approximate surface area is 128 Å². The number of amides is 1. The molecule has 0 aliphatic rings. The number of hydrogen-bond acceptors (Lipinski definition) is 3.